The van der Waals surface area contributed by atoms with Gasteiger partial charge in [-0.2, -0.15) is 0 Å². The number of aliphatic imine (C=N–C) groups is 1. The van der Waals surface area contributed by atoms with Crippen LogP contribution in [0.4, 0.5) is 5.69 Å². The molecule has 212 valence electrons. The number of aromatic nitrogens is 2. The van der Waals surface area contributed by atoms with E-state index in [0.29, 0.717) is 53.2 Å². The van der Waals surface area contributed by atoms with Gasteiger partial charge in [0.2, 0.25) is 5.91 Å². The predicted octanol–water partition coefficient (Wildman–Crippen LogP) is 3.35. The van der Waals surface area contributed by atoms with E-state index < -0.39 is 0 Å². The number of carbonyl (C=O) groups is 2. The molecule has 0 aliphatic carbocycles. The molecule has 2 heterocycles. The van der Waals surface area contributed by atoms with Crippen LogP contribution in [0.3, 0.4) is 0 Å². The molecule has 2 amide bonds. The summed E-state index contributed by atoms with van der Waals surface area (Å²) in [5.74, 6) is 0.554. The molecule has 1 aliphatic rings. The van der Waals surface area contributed by atoms with Gasteiger partial charge in [0.05, 0.1) is 24.9 Å². The van der Waals surface area contributed by atoms with E-state index in [-0.39, 0.29) is 41.7 Å². The van der Waals surface area contributed by atoms with Gasteiger partial charge in [-0.15, -0.1) is 0 Å². The van der Waals surface area contributed by atoms with Gasteiger partial charge in [0.25, 0.3) is 5.91 Å². The molecular weight excluding hydrogens is 518 g/mol. The number of hydrogen-bond donors (Lipinski definition) is 3. The predicted molar refractivity (Wildman–Crippen MR) is 155 cm³/mol. The molecule has 3 rings (SSSR count). The van der Waals surface area contributed by atoms with Gasteiger partial charge in [-0.1, -0.05) is 38.4 Å². The molecule has 5 N–H and O–H groups in total. The first-order valence-electron chi connectivity index (χ1n) is 13.0. The zero-order valence-corrected chi connectivity index (χ0v) is 24.6. The zero-order valence-electron chi connectivity index (χ0n) is 23.8. The number of nitrogens with zero attached hydrogens (tertiary/aromatic N) is 4. The topological polar surface area (TPSA) is 141 Å². The van der Waals surface area contributed by atoms with Gasteiger partial charge in [-0.3, -0.25) is 14.6 Å². The number of anilines is 1. The van der Waals surface area contributed by atoms with Crippen molar-refractivity contribution in [2.24, 2.45) is 10.7 Å². The Morgan fingerprint density at radius 1 is 1.31 bits per heavy atom. The molecule has 0 unspecified atom stereocenters. The van der Waals surface area contributed by atoms with Crippen molar-refractivity contribution < 1.29 is 14.3 Å². The van der Waals surface area contributed by atoms with Gasteiger partial charge in [0.15, 0.2) is 0 Å². The summed E-state index contributed by atoms with van der Waals surface area (Å²) >= 11 is 6.43. The Kier molecular flexibility index (Phi) is 9.45. The number of rotatable bonds is 9. The standard InChI is InChI=1S/C28H40ClN7O3/c1-16(2)36-23(13-32-26(31)19-11-20(28(4,5)6)21(29)12-22(19)30)33-17(3)25(36)27(38)34-18-14-35(15-18)24(37)9-8-10-39-7/h8-9,11-12,16,18H,10,13-15,30H2,1-7H3,(H2,31,32)(H,34,38)/b9-8+. The van der Waals surface area contributed by atoms with Gasteiger partial charge < -0.3 is 31.0 Å². The highest BCUT2D eigenvalue weighted by Crippen LogP contribution is 2.33. The minimum Gasteiger partial charge on any atom is -0.398 e. The average molecular weight is 558 g/mol. The van der Waals surface area contributed by atoms with Crippen LogP contribution in [0.15, 0.2) is 29.3 Å². The molecule has 0 saturated carbocycles. The van der Waals surface area contributed by atoms with Crippen LogP contribution in [0.2, 0.25) is 5.02 Å². The first-order valence-corrected chi connectivity index (χ1v) is 13.3. The van der Waals surface area contributed by atoms with Crippen molar-refractivity contribution in [2.75, 3.05) is 32.5 Å². The number of nitrogens with one attached hydrogen (secondary N) is 1. The maximum absolute atomic E-state index is 13.3. The number of benzene rings is 1. The molecule has 1 saturated heterocycles. The highest BCUT2D eigenvalue weighted by atomic mass is 35.5. The van der Waals surface area contributed by atoms with Crippen molar-refractivity contribution in [2.45, 2.75) is 65.6 Å². The summed E-state index contributed by atoms with van der Waals surface area (Å²) in [6, 6.07) is 3.41. The van der Waals surface area contributed by atoms with Crippen LogP contribution in [-0.2, 0) is 21.5 Å². The second-order valence-corrected chi connectivity index (χ2v) is 11.5. The lowest BCUT2D eigenvalue weighted by molar-refractivity contribution is -0.130. The quantitative estimate of drug-likeness (QED) is 0.187. The van der Waals surface area contributed by atoms with E-state index >= 15 is 0 Å². The molecule has 0 atom stereocenters. The van der Waals surface area contributed by atoms with Crippen LogP contribution in [0.25, 0.3) is 0 Å². The van der Waals surface area contributed by atoms with Gasteiger partial charge in [0.1, 0.15) is 17.4 Å². The van der Waals surface area contributed by atoms with E-state index in [1.54, 1.807) is 31.1 Å². The monoisotopic (exact) mass is 557 g/mol. The van der Waals surface area contributed by atoms with Crippen LogP contribution < -0.4 is 16.8 Å². The molecular formula is C28H40ClN7O3. The van der Waals surface area contributed by atoms with E-state index in [2.05, 4.69) is 36.1 Å². The summed E-state index contributed by atoms with van der Waals surface area (Å²) in [6.07, 6.45) is 3.15. The number of halogens is 1. The second-order valence-electron chi connectivity index (χ2n) is 11.1. The Morgan fingerprint density at radius 2 is 1.97 bits per heavy atom. The Morgan fingerprint density at radius 3 is 2.56 bits per heavy atom. The lowest BCUT2D eigenvalue weighted by Crippen LogP contribution is -2.60. The molecule has 10 nitrogen and oxygen atoms in total. The van der Waals surface area contributed by atoms with E-state index in [1.807, 2.05) is 24.5 Å². The van der Waals surface area contributed by atoms with Crippen molar-refractivity contribution in [3.05, 3.63) is 57.6 Å². The first kappa shape index (κ1) is 30.2. The number of methoxy groups -OCH3 is 1. The maximum Gasteiger partial charge on any atom is 0.270 e. The molecule has 11 heteroatoms. The number of amidine groups is 1. The third-order valence-corrected chi connectivity index (χ3v) is 6.87. The Labute approximate surface area is 235 Å². The molecule has 1 aromatic heterocycles. The lowest BCUT2D eigenvalue weighted by atomic mass is 9.85. The van der Waals surface area contributed by atoms with Crippen molar-refractivity contribution in [1.82, 2.24) is 19.8 Å². The van der Waals surface area contributed by atoms with Crippen molar-refractivity contribution in [3.63, 3.8) is 0 Å². The van der Waals surface area contributed by atoms with Gasteiger partial charge in [0, 0.05) is 48.6 Å². The molecule has 0 bridgehead atoms. The van der Waals surface area contributed by atoms with Crippen LogP contribution in [0.1, 0.15) is 73.8 Å². The summed E-state index contributed by atoms with van der Waals surface area (Å²) < 4.78 is 6.80. The fraction of sp³-hybridized carbons (Fsp3) is 0.500. The first-order chi connectivity index (χ1) is 18.2. The average Bonchev–Trinajstić information content (AvgIpc) is 3.15. The molecule has 1 aliphatic heterocycles. The number of imidazole rings is 1. The number of nitrogens with two attached hydrogens (primary N) is 2. The molecule has 2 aromatic rings. The van der Waals surface area contributed by atoms with E-state index in [4.69, 9.17) is 27.8 Å². The molecule has 39 heavy (non-hydrogen) atoms. The van der Waals surface area contributed by atoms with E-state index in [0.717, 1.165) is 5.56 Å². The van der Waals surface area contributed by atoms with Crippen molar-refractivity contribution in [1.29, 1.82) is 0 Å². The zero-order chi connectivity index (χ0) is 29.1. The number of amides is 2. The highest BCUT2D eigenvalue weighted by Gasteiger charge is 2.32. The minimum atomic E-state index is -0.235. The summed E-state index contributed by atoms with van der Waals surface area (Å²) in [5.41, 5.74) is 15.4. The van der Waals surface area contributed by atoms with E-state index in [9.17, 15) is 9.59 Å². The van der Waals surface area contributed by atoms with Crippen LogP contribution in [0, 0.1) is 6.92 Å². The molecule has 0 spiro atoms. The number of likely N-dealkylation sites (tertiary alicyclic amines) is 1. The largest absolute Gasteiger partial charge is 0.398 e. The summed E-state index contributed by atoms with van der Waals surface area (Å²) in [5, 5.41) is 3.61. The number of hydrogen-bond acceptors (Lipinski definition) is 6. The summed E-state index contributed by atoms with van der Waals surface area (Å²) in [7, 11) is 1.57. The van der Waals surface area contributed by atoms with Gasteiger partial charge >= 0.3 is 0 Å². The maximum atomic E-state index is 13.3. The number of aryl methyl sites for hydroxylation is 1. The fourth-order valence-electron chi connectivity index (χ4n) is 4.53. The third-order valence-electron chi connectivity index (χ3n) is 6.56. The highest BCUT2D eigenvalue weighted by molar-refractivity contribution is 6.32. The molecule has 1 aromatic carbocycles. The van der Waals surface area contributed by atoms with Gasteiger partial charge in [-0.05, 0) is 43.9 Å². The smallest absolute Gasteiger partial charge is 0.270 e. The lowest BCUT2D eigenvalue weighted by Gasteiger charge is -2.39. The Balaban J connectivity index is 1.77. The number of carbonyl (C=O) groups excluding carboxylic acids is 2. The van der Waals surface area contributed by atoms with E-state index in [1.165, 1.54) is 6.08 Å². The van der Waals surface area contributed by atoms with Crippen molar-refractivity contribution in [3.8, 4) is 0 Å². The van der Waals surface area contributed by atoms with Crippen LogP contribution >= 0.6 is 11.6 Å². The molecule has 1 fully saturated rings. The minimum absolute atomic E-state index is 0.0446. The number of nitrogen functional groups attached to an aromatic ring is 1. The fourth-order valence-corrected chi connectivity index (χ4v) is 4.98. The third kappa shape index (κ3) is 6.99. The second kappa shape index (κ2) is 12.2. The van der Waals surface area contributed by atoms with Gasteiger partial charge in [-0.25, -0.2) is 4.98 Å². The normalized spacial score (nSPS) is 14.8. The van der Waals surface area contributed by atoms with Crippen molar-refractivity contribution >= 4 is 34.9 Å². The summed E-state index contributed by atoms with van der Waals surface area (Å²) in [4.78, 5) is 36.3. The number of ether oxygens (including phenoxy) is 1. The Bertz CT molecular complexity index is 1290. The SMILES string of the molecule is COC/C=C/C(=O)N1CC(NC(=O)c2c(C)nc(CN=C(N)c3cc(C(C)(C)C)c(Cl)cc3N)n2C(C)C)C1. The van der Waals surface area contributed by atoms with Crippen LogP contribution in [0.5, 0.6) is 0 Å². The van der Waals surface area contributed by atoms with Crippen LogP contribution in [-0.4, -0.2) is 64.9 Å². The summed E-state index contributed by atoms with van der Waals surface area (Å²) in [6.45, 7) is 13.4. The Hall–Kier alpha value is -3.37. The molecule has 0 radical (unpaired) electrons.